The summed E-state index contributed by atoms with van der Waals surface area (Å²) in [4.78, 5) is 14.6. The van der Waals surface area contributed by atoms with Crippen molar-refractivity contribution in [2.75, 3.05) is 0 Å². The SMILES string of the molecule is Cc1ccc(CC(C)NC(=O)c2ccc(Br)cc2O)s1. The van der Waals surface area contributed by atoms with E-state index in [1.807, 2.05) is 6.92 Å². The van der Waals surface area contributed by atoms with Crippen LogP contribution in [0.1, 0.15) is 27.0 Å². The van der Waals surface area contributed by atoms with Crippen molar-refractivity contribution in [1.29, 1.82) is 0 Å². The molecule has 2 rings (SSSR count). The van der Waals surface area contributed by atoms with Gasteiger partial charge in [-0.05, 0) is 44.2 Å². The quantitative estimate of drug-likeness (QED) is 0.875. The van der Waals surface area contributed by atoms with Gasteiger partial charge in [0.05, 0.1) is 5.56 Å². The van der Waals surface area contributed by atoms with Crippen molar-refractivity contribution in [3.63, 3.8) is 0 Å². The van der Waals surface area contributed by atoms with Gasteiger partial charge in [0.1, 0.15) is 5.75 Å². The number of carbonyl (C=O) groups excluding carboxylic acids is 1. The summed E-state index contributed by atoms with van der Waals surface area (Å²) in [6.45, 7) is 4.03. The van der Waals surface area contributed by atoms with Gasteiger partial charge in [0.25, 0.3) is 5.91 Å². The molecule has 1 amide bonds. The van der Waals surface area contributed by atoms with Gasteiger partial charge < -0.3 is 10.4 Å². The zero-order valence-electron chi connectivity index (χ0n) is 11.3. The van der Waals surface area contributed by atoms with Crippen LogP contribution in [-0.4, -0.2) is 17.1 Å². The van der Waals surface area contributed by atoms with E-state index in [0.717, 1.165) is 10.9 Å². The van der Waals surface area contributed by atoms with Gasteiger partial charge in [-0.3, -0.25) is 4.79 Å². The van der Waals surface area contributed by atoms with Crippen LogP contribution in [0.3, 0.4) is 0 Å². The molecule has 1 atom stereocenters. The predicted molar refractivity (Wildman–Crippen MR) is 85.5 cm³/mol. The predicted octanol–water partition coefficient (Wildman–Crippen LogP) is 3.89. The summed E-state index contributed by atoms with van der Waals surface area (Å²) in [5, 5.41) is 12.7. The maximum atomic E-state index is 12.1. The van der Waals surface area contributed by atoms with Crippen LogP contribution in [0.2, 0.25) is 0 Å². The molecule has 0 radical (unpaired) electrons. The minimum Gasteiger partial charge on any atom is -0.507 e. The first-order valence-corrected chi connectivity index (χ1v) is 7.91. The van der Waals surface area contributed by atoms with Gasteiger partial charge in [-0.25, -0.2) is 0 Å². The molecule has 3 nitrogen and oxygen atoms in total. The number of amides is 1. The van der Waals surface area contributed by atoms with Gasteiger partial charge in [-0.2, -0.15) is 0 Å². The topological polar surface area (TPSA) is 49.3 Å². The highest BCUT2D eigenvalue weighted by molar-refractivity contribution is 9.10. The van der Waals surface area contributed by atoms with E-state index < -0.39 is 0 Å². The van der Waals surface area contributed by atoms with Crippen molar-refractivity contribution >= 4 is 33.2 Å². The Balaban J connectivity index is 2.00. The van der Waals surface area contributed by atoms with E-state index in [2.05, 4.69) is 40.3 Å². The van der Waals surface area contributed by atoms with Crippen molar-refractivity contribution in [2.45, 2.75) is 26.3 Å². The molecule has 1 aromatic heterocycles. The van der Waals surface area contributed by atoms with Gasteiger partial charge in [0.15, 0.2) is 0 Å². The van der Waals surface area contributed by atoms with Crippen LogP contribution in [0.4, 0.5) is 0 Å². The minimum atomic E-state index is -0.254. The highest BCUT2D eigenvalue weighted by Crippen LogP contribution is 2.22. The molecule has 106 valence electrons. The average molecular weight is 354 g/mol. The van der Waals surface area contributed by atoms with Crippen molar-refractivity contribution in [1.82, 2.24) is 5.32 Å². The number of aryl methyl sites for hydroxylation is 1. The van der Waals surface area contributed by atoms with Gasteiger partial charge in [-0.15, -0.1) is 11.3 Å². The zero-order valence-corrected chi connectivity index (χ0v) is 13.7. The van der Waals surface area contributed by atoms with E-state index >= 15 is 0 Å². The fourth-order valence-electron chi connectivity index (χ4n) is 1.95. The number of rotatable bonds is 4. The summed E-state index contributed by atoms with van der Waals surface area (Å²) in [6.07, 6.45) is 0.793. The lowest BCUT2D eigenvalue weighted by atomic mass is 10.1. The fourth-order valence-corrected chi connectivity index (χ4v) is 3.31. The molecule has 0 aliphatic rings. The molecule has 0 saturated heterocycles. The van der Waals surface area contributed by atoms with Gasteiger partial charge in [-0.1, -0.05) is 15.9 Å². The van der Waals surface area contributed by atoms with E-state index in [1.165, 1.54) is 15.8 Å². The van der Waals surface area contributed by atoms with Crippen LogP contribution in [-0.2, 0) is 6.42 Å². The largest absolute Gasteiger partial charge is 0.507 e. The normalized spacial score (nSPS) is 12.2. The lowest BCUT2D eigenvalue weighted by Crippen LogP contribution is -2.33. The highest BCUT2D eigenvalue weighted by atomic mass is 79.9. The van der Waals surface area contributed by atoms with Crippen molar-refractivity contribution in [3.05, 3.63) is 50.1 Å². The van der Waals surface area contributed by atoms with E-state index in [9.17, 15) is 9.90 Å². The molecule has 2 aromatic rings. The number of nitrogens with one attached hydrogen (secondary N) is 1. The smallest absolute Gasteiger partial charge is 0.255 e. The molecular formula is C15H16BrNO2S. The molecule has 0 aliphatic carbocycles. The fraction of sp³-hybridized carbons (Fsp3) is 0.267. The number of phenols is 1. The molecule has 0 aliphatic heterocycles. The number of benzene rings is 1. The Morgan fingerprint density at radius 2 is 2.15 bits per heavy atom. The summed E-state index contributed by atoms with van der Waals surface area (Å²) < 4.78 is 0.744. The molecule has 20 heavy (non-hydrogen) atoms. The lowest BCUT2D eigenvalue weighted by molar-refractivity contribution is 0.0937. The Labute approximate surface area is 130 Å². The standard InChI is InChI=1S/C15H16BrNO2S/c1-9(7-12-5-3-10(2)20-12)17-15(19)13-6-4-11(16)8-14(13)18/h3-6,8-9,18H,7H2,1-2H3,(H,17,19). The summed E-state index contributed by atoms with van der Waals surface area (Å²) in [5.41, 5.74) is 0.294. The van der Waals surface area contributed by atoms with Crippen molar-refractivity contribution in [3.8, 4) is 5.75 Å². The molecule has 1 heterocycles. The monoisotopic (exact) mass is 353 g/mol. The van der Waals surface area contributed by atoms with Crippen LogP contribution in [0.15, 0.2) is 34.8 Å². The van der Waals surface area contributed by atoms with Gasteiger partial charge in [0, 0.05) is 26.7 Å². The van der Waals surface area contributed by atoms with E-state index in [4.69, 9.17) is 0 Å². The number of thiophene rings is 1. The van der Waals surface area contributed by atoms with Gasteiger partial charge >= 0.3 is 0 Å². The minimum absolute atomic E-state index is 0.0172. The van der Waals surface area contributed by atoms with Crippen LogP contribution < -0.4 is 5.32 Å². The summed E-state index contributed by atoms with van der Waals surface area (Å²) >= 11 is 4.99. The third-order valence-electron chi connectivity index (χ3n) is 2.89. The Morgan fingerprint density at radius 3 is 2.75 bits per heavy atom. The molecule has 0 saturated carbocycles. The number of halogens is 1. The number of aromatic hydroxyl groups is 1. The van der Waals surface area contributed by atoms with Crippen LogP contribution >= 0.6 is 27.3 Å². The second-order valence-corrected chi connectivity index (χ2v) is 7.04. The van der Waals surface area contributed by atoms with Crippen LogP contribution in [0.25, 0.3) is 0 Å². The molecule has 0 fully saturated rings. The second-order valence-electron chi connectivity index (χ2n) is 4.75. The molecular weight excluding hydrogens is 338 g/mol. The van der Waals surface area contributed by atoms with E-state index in [-0.39, 0.29) is 17.7 Å². The maximum absolute atomic E-state index is 12.1. The number of hydrogen-bond donors (Lipinski definition) is 2. The molecule has 1 unspecified atom stereocenters. The summed E-state index contributed by atoms with van der Waals surface area (Å²) in [7, 11) is 0. The number of phenolic OH excluding ortho intramolecular Hbond substituents is 1. The zero-order chi connectivity index (χ0) is 14.7. The molecule has 0 bridgehead atoms. The molecule has 5 heteroatoms. The first-order valence-electron chi connectivity index (χ1n) is 6.30. The number of carbonyl (C=O) groups is 1. The van der Waals surface area contributed by atoms with Crippen LogP contribution in [0.5, 0.6) is 5.75 Å². The third kappa shape index (κ3) is 3.84. The average Bonchev–Trinajstić information content (AvgIpc) is 2.74. The van der Waals surface area contributed by atoms with Crippen molar-refractivity contribution < 1.29 is 9.90 Å². The molecule has 1 aromatic carbocycles. The van der Waals surface area contributed by atoms with Crippen molar-refractivity contribution in [2.24, 2.45) is 0 Å². The second kappa shape index (κ2) is 6.41. The summed E-state index contributed by atoms with van der Waals surface area (Å²) in [5.74, 6) is -0.271. The van der Waals surface area contributed by atoms with Gasteiger partial charge in [0.2, 0.25) is 0 Å². The summed E-state index contributed by atoms with van der Waals surface area (Å²) in [6, 6.07) is 9.04. The van der Waals surface area contributed by atoms with E-state index in [0.29, 0.717) is 5.56 Å². The maximum Gasteiger partial charge on any atom is 0.255 e. The number of hydrogen-bond acceptors (Lipinski definition) is 3. The third-order valence-corrected chi connectivity index (χ3v) is 4.40. The lowest BCUT2D eigenvalue weighted by Gasteiger charge is -2.13. The Morgan fingerprint density at radius 1 is 1.40 bits per heavy atom. The molecule has 2 N–H and O–H groups in total. The highest BCUT2D eigenvalue weighted by Gasteiger charge is 2.14. The van der Waals surface area contributed by atoms with E-state index in [1.54, 1.807) is 23.5 Å². The Hall–Kier alpha value is -1.33. The molecule has 0 spiro atoms. The first-order chi connectivity index (χ1) is 9.45. The Kier molecular flexibility index (Phi) is 4.83. The van der Waals surface area contributed by atoms with Crippen LogP contribution in [0, 0.1) is 6.92 Å². The first kappa shape index (κ1) is 15.1. The Bertz CT molecular complexity index is 624.